The van der Waals surface area contributed by atoms with Gasteiger partial charge in [-0.2, -0.15) is 0 Å². The second kappa shape index (κ2) is 13.2. The molecule has 49 heavy (non-hydrogen) atoms. The first kappa shape index (κ1) is 32.2. The van der Waals surface area contributed by atoms with E-state index in [1.54, 1.807) is 36.4 Å². The van der Waals surface area contributed by atoms with Crippen LogP contribution in [0.1, 0.15) is 50.7 Å². The summed E-state index contributed by atoms with van der Waals surface area (Å²) >= 11 is 0. The fourth-order valence-corrected chi connectivity index (χ4v) is 7.91. The molecule has 0 N–H and O–H groups in total. The van der Waals surface area contributed by atoms with E-state index in [0.717, 1.165) is 111 Å². The number of rotatable bonds is 10. The van der Waals surface area contributed by atoms with Gasteiger partial charge in [0.2, 0.25) is 0 Å². The molecule has 246 valence electrons. The van der Waals surface area contributed by atoms with E-state index in [4.69, 9.17) is 0 Å². The molecule has 0 fully saturated rings. The Morgan fingerprint density at radius 1 is 0.571 bits per heavy atom. The first-order chi connectivity index (χ1) is 23.8. The van der Waals surface area contributed by atoms with Crippen molar-refractivity contribution in [1.29, 1.82) is 0 Å². The Morgan fingerprint density at radius 3 is 1.41 bits per heavy atom. The lowest BCUT2D eigenvalue weighted by Gasteiger charge is -2.39. The predicted octanol–water partition coefficient (Wildman–Crippen LogP) is 11.2. The van der Waals surface area contributed by atoms with E-state index in [1.165, 1.54) is 11.1 Å². The van der Waals surface area contributed by atoms with Crippen LogP contribution in [0.5, 0.6) is 0 Å². The largest absolute Gasteiger partial charge is 0.316 e. The van der Waals surface area contributed by atoms with Crippen LogP contribution in [0.15, 0.2) is 109 Å². The molecule has 0 saturated heterocycles. The molecule has 7 nitrogen and oxygen atoms in total. The summed E-state index contributed by atoms with van der Waals surface area (Å²) in [5.74, 6) is 0. The number of nitrogens with zero attached hydrogens (tertiary/aromatic N) is 3. The molecule has 6 aromatic carbocycles. The molecule has 0 spiro atoms. The van der Waals surface area contributed by atoms with E-state index in [1.807, 2.05) is 24.3 Å². The highest BCUT2D eigenvalue weighted by Crippen LogP contribution is 2.50. The van der Waals surface area contributed by atoms with Gasteiger partial charge in [-0.3, -0.25) is 20.2 Å². The van der Waals surface area contributed by atoms with Crippen LogP contribution < -0.4 is 0 Å². The number of benzene rings is 6. The van der Waals surface area contributed by atoms with Gasteiger partial charge in [0, 0.05) is 46.5 Å². The van der Waals surface area contributed by atoms with Gasteiger partial charge in [0.05, 0.1) is 22.9 Å². The molecule has 0 amide bonds. The summed E-state index contributed by atoms with van der Waals surface area (Å²) in [7, 11) is 0. The van der Waals surface area contributed by atoms with Crippen molar-refractivity contribution < 1.29 is 14.3 Å². The number of hydrogen-bond acceptors (Lipinski definition) is 4. The Labute approximate surface area is 286 Å². The van der Waals surface area contributed by atoms with E-state index in [9.17, 15) is 20.2 Å². The molecule has 0 unspecified atom stereocenters. The van der Waals surface area contributed by atoms with Gasteiger partial charge in [0.25, 0.3) is 11.4 Å². The minimum Gasteiger partial charge on any atom is -0.316 e. The molecule has 7 rings (SSSR count). The maximum absolute atomic E-state index is 12.0. The Bertz CT molecular complexity index is 2080. The molecule has 0 atom stereocenters. The SMILES string of the molecule is CCCC[N+]1(CCCC)Cc2c(-c3cccc([N+](=O)[O-])c3)cc3ccccc3c2-c2c(c(-c3cccc([N+](=O)[O-])c3)cc3ccccc23)C1. The van der Waals surface area contributed by atoms with Crippen LogP contribution in [0.4, 0.5) is 11.4 Å². The Balaban J connectivity index is 1.67. The van der Waals surface area contributed by atoms with Crippen LogP contribution in [0.25, 0.3) is 54.9 Å². The molecular formula is C42H40N3O4+. The molecule has 0 radical (unpaired) electrons. The number of nitro benzene ring substituents is 2. The second-order valence-corrected chi connectivity index (χ2v) is 13.4. The van der Waals surface area contributed by atoms with E-state index < -0.39 is 0 Å². The zero-order valence-corrected chi connectivity index (χ0v) is 28.0. The first-order valence-corrected chi connectivity index (χ1v) is 17.3. The lowest BCUT2D eigenvalue weighted by atomic mass is 9.82. The summed E-state index contributed by atoms with van der Waals surface area (Å²) in [6.07, 6.45) is 4.26. The summed E-state index contributed by atoms with van der Waals surface area (Å²) in [5.41, 5.74) is 8.58. The molecule has 1 aliphatic heterocycles. The highest BCUT2D eigenvalue weighted by Gasteiger charge is 2.37. The van der Waals surface area contributed by atoms with Gasteiger partial charge in [-0.25, -0.2) is 0 Å². The molecule has 1 aliphatic rings. The van der Waals surface area contributed by atoms with Gasteiger partial charge in [-0.05, 0) is 68.8 Å². The topological polar surface area (TPSA) is 86.3 Å². The van der Waals surface area contributed by atoms with Gasteiger partial charge in [-0.15, -0.1) is 0 Å². The molecule has 0 bridgehead atoms. The van der Waals surface area contributed by atoms with E-state index in [-0.39, 0.29) is 21.2 Å². The van der Waals surface area contributed by atoms with Gasteiger partial charge >= 0.3 is 0 Å². The zero-order valence-electron chi connectivity index (χ0n) is 28.0. The van der Waals surface area contributed by atoms with Gasteiger partial charge in [0.15, 0.2) is 0 Å². The third-order valence-electron chi connectivity index (χ3n) is 10.3. The van der Waals surface area contributed by atoms with Crippen molar-refractivity contribution in [2.75, 3.05) is 13.1 Å². The van der Waals surface area contributed by atoms with E-state index in [0.29, 0.717) is 0 Å². The lowest BCUT2D eigenvalue weighted by molar-refractivity contribution is -0.953. The lowest BCUT2D eigenvalue weighted by Crippen LogP contribution is -2.47. The number of unbranched alkanes of at least 4 members (excludes halogenated alkanes) is 2. The van der Waals surface area contributed by atoms with Crippen LogP contribution in [0.2, 0.25) is 0 Å². The Hall–Kier alpha value is -5.40. The molecule has 1 heterocycles. The fourth-order valence-electron chi connectivity index (χ4n) is 7.91. The minimum atomic E-state index is -0.319. The highest BCUT2D eigenvalue weighted by atomic mass is 16.6. The van der Waals surface area contributed by atoms with Gasteiger partial charge in [0.1, 0.15) is 13.1 Å². The average molecular weight is 651 g/mol. The first-order valence-electron chi connectivity index (χ1n) is 17.3. The number of fused-ring (bicyclic) bond motifs is 7. The average Bonchev–Trinajstić information content (AvgIpc) is 3.28. The predicted molar refractivity (Wildman–Crippen MR) is 198 cm³/mol. The molecule has 0 aromatic heterocycles. The quantitative estimate of drug-likeness (QED) is 0.0838. The Kier molecular flexibility index (Phi) is 8.69. The third-order valence-corrected chi connectivity index (χ3v) is 10.3. The van der Waals surface area contributed by atoms with Crippen LogP contribution in [0, 0.1) is 20.2 Å². The van der Waals surface area contributed by atoms with Gasteiger partial charge in [-0.1, -0.05) is 99.5 Å². The van der Waals surface area contributed by atoms with Crippen molar-refractivity contribution in [1.82, 2.24) is 0 Å². The van der Waals surface area contributed by atoms with Gasteiger partial charge < -0.3 is 4.48 Å². The summed E-state index contributed by atoms with van der Waals surface area (Å²) in [4.78, 5) is 23.3. The molecular weight excluding hydrogens is 610 g/mol. The van der Waals surface area contributed by atoms with Crippen molar-refractivity contribution in [3.05, 3.63) is 141 Å². The number of non-ortho nitro benzene ring substituents is 2. The molecule has 6 aromatic rings. The van der Waals surface area contributed by atoms with Crippen LogP contribution in [-0.4, -0.2) is 27.4 Å². The highest BCUT2D eigenvalue weighted by molar-refractivity contribution is 6.12. The monoisotopic (exact) mass is 650 g/mol. The smallest absolute Gasteiger partial charge is 0.270 e. The van der Waals surface area contributed by atoms with Crippen molar-refractivity contribution in [2.24, 2.45) is 0 Å². The molecule has 0 aliphatic carbocycles. The van der Waals surface area contributed by atoms with Crippen molar-refractivity contribution >= 4 is 32.9 Å². The molecule has 0 saturated carbocycles. The van der Waals surface area contributed by atoms with Crippen molar-refractivity contribution in [3.8, 4) is 33.4 Å². The normalized spacial score (nSPS) is 13.5. The summed E-state index contributed by atoms with van der Waals surface area (Å²) in [5, 5.41) is 28.4. The third kappa shape index (κ3) is 5.95. The summed E-state index contributed by atoms with van der Waals surface area (Å²) in [6.45, 7) is 7.99. The zero-order chi connectivity index (χ0) is 34.1. The fraction of sp³-hybridized carbons (Fsp3) is 0.238. The summed E-state index contributed by atoms with van der Waals surface area (Å²) < 4.78 is 0.836. The second-order valence-electron chi connectivity index (χ2n) is 13.4. The number of quaternary nitrogens is 1. The maximum atomic E-state index is 12.0. The minimum absolute atomic E-state index is 0.0737. The van der Waals surface area contributed by atoms with Crippen LogP contribution in [0.3, 0.4) is 0 Å². The number of nitro groups is 2. The van der Waals surface area contributed by atoms with Crippen molar-refractivity contribution in [3.63, 3.8) is 0 Å². The standard InChI is InChI=1S/C42H40N3O4/c1-3-5-21-45(22-6-4-2)27-39-37(29-15-11-17-33(23-29)43(46)47)25-31-13-7-9-19-35(31)41(39)42-36-20-10-8-14-32(36)26-38(40(42)28-45)30-16-12-18-34(24-30)44(48)49/h7-20,23-26H,3-6,21-22,27-28H2,1-2H3/q+1. The maximum Gasteiger partial charge on any atom is 0.270 e. The van der Waals surface area contributed by atoms with Crippen LogP contribution >= 0.6 is 0 Å². The Morgan fingerprint density at radius 2 is 1.00 bits per heavy atom. The summed E-state index contributed by atoms with van der Waals surface area (Å²) in [6, 6.07) is 35.4. The van der Waals surface area contributed by atoms with E-state index in [2.05, 4.69) is 62.4 Å². The number of hydrogen-bond donors (Lipinski definition) is 0. The van der Waals surface area contributed by atoms with Crippen LogP contribution in [-0.2, 0) is 13.1 Å². The van der Waals surface area contributed by atoms with Crippen molar-refractivity contribution in [2.45, 2.75) is 52.6 Å². The molecule has 7 heteroatoms. The van der Waals surface area contributed by atoms with E-state index >= 15 is 0 Å².